The van der Waals surface area contributed by atoms with Crippen LogP contribution in [-0.2, 0) is 9.47 Å². The molecule has 2 rings (SSSR count). The minimum Gasteiger partial charge on any atom is -0.353 e. The summed E-state index contributed by atoms with van der Waals surface area (Å²) in [7, 11) is 0. The van der Waals surface area contributed by atoms with Crippen molar-refractivity contribution >= 4 is 11.8 Å². The normalized spacial score (nSPS) is 14.2. The second kappa shape index (κ2) is 6.63. The standard InChI is InChI=1S/C15H19NO4/c1-3-19-13(20-4-2)9-10-16-14(17)11-7-5-6-8-12(11)15(16)18/h5-8,13H,3-4,9-10H2,1-2H3. The highest BCUT2D eigenvalue weighted by molar-refractivity contribution is 6.21. The Hall–Kier alpha value is -1.72. The molecule has 0 fully saturated rings. The van der Waals surface area contributed by atoms with Crippen molar-refractivity contribution in [2.45, 2.75) is 26.6 Å². The first-order valence-electron chi connectivity index (χ1n) is 6.87. The molecule has 0 bridgehead atoms. The SMILES string of the molecule is CCOC(CCN1C(=O)c2ccccc2C1=O)OCC. The molecule has 1 heterocycles. The molecule has 0 aromatic heterocycles. The summed E-state index contributed by atoms with van der Waals surface area (Å²) in [5.74, 6) is -0.477. The van der Waals surface area contributed by atoms with E-state index in [-0.39, 0.29) is 18.1 Å². The van der Waals surface area contributed by atoms with Crippen molar-refractivity contribution < 1.29 is 19.1 Å². The quantitative estimate of drug-likeness (QED) is 0.565. The summed E-state index contributed by atoms with van der Waals surface area (Å²) < 4.78 is 10.8. The van der Waals surface area contributed by atoms with Gasteiger partial charge in [-0.2, -0.15) is 0 Å². The maximum absolute atomic E-state index is 12.2. The van der Waals surface area contributed by atoms with E-state index in [2.05, 4.69) is 0 Å². The molecule has 1 aromatic rings. The van der Waals surface area contributed by atoms with Crippen LogP contribution in [0.2, 0.25) is 0 Å². The number of imide groups is 1. The predicted octanol–water partition coefficient (Wildman–Crippen LogP) is 2.07. The van der Waals surface area contributed by atoms with E-state index in [9.17, 15) is 9.59 Å². The van der Waals surface area contributed by atoms with Crippen molar-refractivity contribution in [3.05, 3.63) is 35.4 Å². The number of hydrogen-bond donors (Lipinski definition) is 0. The Labute approximate surface area is 118 Å². The first kappa shape index (κ1) is 14.7. The summed E-state index contributed by atoms with van der Waals surface area (Å²) in [6.45, 7) is 5.14. The van der Waals surface area contributed by atoms with Crippen LogP contribution >= 0.6 is 0 Å². The average Bonchev–Trinajstić information content (AvgIpc) is 2.70. The highest BCUT2D eigenvalue weighted by Crippen LogP contribution is 2.22. The Kier molecular flexibility index (Phi) is 4.87. The molecule has 1 aliphatic rings. The van der Waals surface area contributed by atoms with Crippen molar-refractivity contribution in [2.75, 3.05) is 19.8 Å². The van der Waals surface area contributed by atoms with Gasteiger partial charge in [0, 0.05) is 26.2 Å². The lowest BCUT2D eigenvalue weighted by Gasteiger charge is -2.20. The fourth-order valence-corrected chi connectivity index (χ4v) is 2.26. The van der Waals surface area contributed by atoms with Gasteiger partial charge in [0.15, 0.2) is 6.29 Å². The summed E-state index contributed by atoms with van der Waals surface area (Å²) in [6, 6.07) is 6.88. The molecule has 0 saturated carbocycles. The summed E-state index contributed by atoms with van der Waals surface area (Å²) >= 11 is 0. The number of amides is 2. The summed E-state index contributed by atoms with van der Waals surface area (Å²) in [5, 5.41) is 0. The maximum atomic E-state index is 12.2. The topological polar surface area (TPSA) is 55.8 Å². The van der Waals surface area contributed by atoms with Crippen LogP contribution in [-0.4, -0.2) is 42.8 Å². The van der Waals surface area contributed by atoms with Crippen LogP contribution in [0.1, 0.15) is 41.0 Å². The van der Waals surface area contributed by atoms with E-state index in [4.69, 9.17) is 9.47 Å². The van der Waals surface area contributed by atoms with Gasteiger partial charge in [-0.15, -0.1) is 0 Å². The zero-order chi connectivity index (χ0) is 14.5. The van der Waals surface area contributed by atoms with Gasteiger partial charge in [0.1, 0.15) is 0 Å². The molecular formula is C15H19NO4. The molecule has 20 heavy (non-hydrogen) atoms. The molecule has 108 valence electrons. The minimum atomic E-state index is -0.380. The molecule has 5 nitrogen and oxygen atoms in total. The van der Waals surface area contributed by atoms with Crippen molar-refractivity contribution in [2.24, 2.45) is 0 Å². The number of rotatable bonds is 7. The second-order valence-corrected chi connectivity index (χ2v) is 4.44. The Morgan fingerprint density at radius 3 is 1.95 bits per heavy atom. The number of ether oxygens (including phenoxy) is 2. The maximum Gasteiger partial charge on any atom is 0.261 e. The highest BCUT2D eigenvalue weighted by Gasteiger charge is 2.35. The Bertz CT molecular complexity index is 459. The molecule has 0 spiro atoms. The molecule has 2 amide bonds. The number of hydrogen-bond acceptors (Lipinski definition) is 4. The van der Waals surface area contributed by atoms with Crippen LogP contribution in [0.5, 0.6) is 0 Å². The van der Waals surface area contributed by atoms with E-state index < -0.39 is 0 Å². The predicted molar refractivity (Wildman–Crippen MR) is 73.5 cm³/mol. The van der Waals surface area contributed by atoms with E-state index in [1.54, 1.807) is 24.3 Å². The van der Waals surface area contributed by atoms with E-state index in [1.807, 2.05) is 13.8 Å². The van der Waals surface area contributed by atoms with E-state index >= 15 is 0 Å². The Balaban J connectivity index is 2.01. The van der Waals surface area contributed by atoms with Crippen molar-refractivity contribution in [1.29, 1.82) is 0 Å². The summed E-state index contributed by atoms with van der Waals surface area (Å²) in [5.41, 5.74) is 0.948. The Morgan fingerprint density at radius 2 is 1.50 bits per heavy atom. The lowest BCUT2D eigenvalue weighted by atomic mass is 10.1. The lowest BCUT2D eigenvalue weighted by Crippen LogP contribution is -2.33. The molecule has 1 aliphatic heterocycles. The minimum absolute atomic E-state index is 0.239. The van der Waals surface area contributed by atoms with Gasteiger partial charge >= 0.3 is 0 Å². The van der Waals surface area contributed by atoms with Gasteiger partial charge in [0.2, 0.25) is 0 Å². The number of carbonyl (C=O) groups is 2. The van der Waals surface area contributed by atoms with Crippen LogP contribution in [0.15, 0.2) is 24.3 Å². The van der Waals surface area contributed by atoms with E-state index in [0.717, 1.165) is 0 Å². The van der Waals surface area contributed by atoms with Gasteiger partial charge in [0.25, 0.3) is 11.8 Å². The largest absolute Gasteiger partial charge is 0.353 e. The molecule has 0 radical (unpaired) electrons. The number of nitrogens with zero attached hydrogens (tertiary/aromatic N) is 1. The zero-order valence-corrected chi connectivity index (χ0v) is 11.8. The van der Waals surface area contributed by atoms with Crippen LogP contribution < -0.4 is 0 Å². The molecule has 0 unspecified atom stereocenters. The monoisotopic (exact) mass is 277 g/mol. The third-order valence-electron chi connectivity index (χ3n) is 3.17. The third-order valence-corrected chi connectivity index (χ3v) is 3.17. The Morgan fingerprint density at radius 1 is 1.00 bits per heavy atom. The third kappa shape index (κ3) is 2.89. The molecule has 5 heteroatoms. The van der Waals surface area contributed by atoms with Gasteiger partial charge in [-0.1, -0.05) is 12.1 Å². The number of carbonyl (C=O) groups excluding carboxylic acids is 2. The van der Waals surface area contributed by atoms with Crippen LogP contribution in [0, 0.1) is 0 Å². The fourth-order valence-electron chi connectivity index (χ4n) is 2.26. The molecular weight excluding hydrogens is 258 g/mol. The average molecular weight is 277 g/mol. The fraction of sp³-hybridized carbons (Fsp3) is 0.467. The van der Waals surface area contributed by atoms with Crippen molar-refractivity contribution in [3.63, 3.8) is 0 Å². The van der Waals surface area contributed by atoms with Gasteiger partial charge in [-0.05, 0) is 26.0 Å². The number of benzene rings is 1. The summed E-state index contributed by atoms with van der Waals surface area (Å²) in [6.07, 6.45) is 0.0990. The molecule has 0 aliphatic carbocycles. The van der Waals surface area contributed by atoms with Crippen molar-refractivity contribution in [3.8, 4) is 0 Å². The van der Waals surface area contributed by atoms with Crippen LogP contribution in [0.25, 0.3) is 0 Å². The van der Waals surface area contributed by atoms with Gasteiger partial charge in [-0.25, -0.2) is 0 Å². The smallest absolute Gasteiger partial charge is 0.261 e. The van der Waals surface area contributed by atoms with Crippen LogP contribution in [0.4, 0.5) is 0 Å². The molecule has 0 N–H and O–H groups in total. The first-order chi connectivity index (χ1) is 9.69. The van der Waals surface area contributed by atoms with Crippen LogP contribution in [0.3, 0.4) is 0 Å². The van der Waals surface area contributed by atoms with Gasteiger partial charge < -0.3 is 9.47 Å². The number of fused-ring (bicyclic) bond motifs is 1. The van der Waals surface area contributed by atoms with Crippen molar-refractivity contribution in [1.82, 2.24) is 4.90 Å². The summed E-state index contributed by atoms with van der Waals surface area (Å²) in [4.78, 5) is 25.6. The first-order valence-corrected chi connectivity index (χ1v) is 6.87. The van der Waals surface area contributed by atoms with Gasteiger partial charge in [0.05, 0.1) is 11.1 Å². The molecule has 1 aromatic carbocycles. The molecule has 0 atom stereocenters. The highest BCUT2D eigenvalue weighted by atomic mass is 16.7. The zero-order valence-electron chi connectivity index (χ0n) is 11.8. The second-order valence-electron chi connectivity index (χ2n) is 4.44. The molecule has 0 saturated heterocycles. The van der Waals surface area contributed by atoms with Gasteiger partial charge in [-0.3, -0.25) is 14.5 Å². The van der Waals surface area contributed by atoms with E-state index in [1.165, 1.54) is 4.90 Å². The lowest BCUT2D eigenvalue weighted by molar-refractivity contribution is -0.140. The van der Waals surface area contributed by atoms with E-state index in [0.29, 0.717) is 37.3 Å².